The molecule has 0 fully saturated rings. The Kier molecular flexibility index (Phi) is 20.8. The van der Waals surface area contributed by atoms with E-state index in [1.165, 1.54) is 17.6 Å². The van der Waals surface area contributed by atoms with Crippen LogP contribution in [-0.4, -0.2) is 17.7 Å². The van der Waals surface area contributed by atoms with Crippen molar-refractivity contribution in [3.8, 4) is 0 Å². The lowest BCUT2D eigenvalue weighted by Gasteiger charge is -2.15. The van der Waals surface area contributed by atoms with E-state index in [1.54, 1.807) is 6.08 Å². The Hall–Kier alpha value is -1.80. The Morgan fingerprint density at radius 1 is 1.07 bits per heavy atom. The molecule has 1 unspecified atom stereocenters. The molecule has 154 valence electrons. The Labute approximate surface area is 169 Å². The summed E-state index contributed by atoms with van der Waals surface area (Å²) in [6.07, 6.45) is 12.4. The van der Waals surface area contributed by atoms with Crippen molar-refractivity contribution in [3.05, 3.63) is 72.0 Å². The first-order valence-electron chi connectivity index (χ1n) is 10.5. The van der Waals surface area contributed by atoms with Gasteiger partial charge in [0.15, 0.2) is 0 Å². The second kappa shape index (κ2) is 20.5. The number of rotatable bonds is 9. The normalized spacial score (nSPS) is 12.5. The van der Waals surface area contributed by atoms with Crippen molar-refractivity contribution < 1.29 is 5.11 Å². The van der Waals surface area contributed by atoms with E-state index in [-0.39, 0.29) is 0 Å². The van der Waals surface area contributed by atoms with Gasteiger partial charge in [-0.15, -0.1) is 0 Å². The Bertz CT molecular complexity index is 500. The molecule has 0 spiro atoms. The average molecular weight is 374 g/mol. The van der Waals surface area contributed by atoms with Gasteiger partial charge in [-0.2, -0.15) is 0 Å². The SMILES string of the molecule is CC.CCC.CCC(=C/C=C/O)/C=C/C(CCNC(C)C)c1ccccc1. The Morgan fingerprint density at radius 3 is 2.15 bits per heavy atom. The minimum atomic E-state index is 0.403. The fourth-order valence-corrected chi connectivity index (χ4v) is 2.30. The van der Waals surface area contributed by atoms with Gasteiger partial charge in [0.2, 0.25) is 0 Å². The second-order valence-corrected chi connectivity index (χ2v) is 6.42. The van der Waals surface area contributed by atoms with Gasteiger partial charge >= 0.3 is 0 Å². The summed E-state index contributed by atoms with van der Waals surface area (Å²) in [5.41, 5.74) is 2.56. The van der Waals surface area contributed by atoms with Crippen molar-refractivity contribution in [2.24, 2.45) is 0 Å². The number of hydrogen-bond acceptors (Lipinski definition) is 2. The average Bonchev–Trinajstić information content (AvgIpc) is 2.69. The van der Waals surface area contributed by atoms with Crippen LogP contribution < -0.4 is 5.32 Å². The van der Waals surface area contributed by atoms with Gasteiger partial charge in [-0.05, 0) is 36.6 Å². The van der Waals surface area contributed by atoms with Crippen molar-refractivity contribution in [2.45, 2.75) is 79.7 Å². The molecule has 2 heteroatoms. The molecule has 0 aromatic heterocycles. The molecule has 0 bridgehead atoms. The third-order valence-electron chi connectivity index (χ3n) is 3.58. The molecular weight excluding hydrogens is 330 g/mol. The molecular formula is C25H43NO. The third kappa shape index (κ3) is 16.1. The highest BCUT2D eigenvalue weighted by molar-refractivity contribution is 5.29. The summed E-state index contributed by atoms with van der Waals surface area (Å²) in [6, 6.07) is 11.1. The fraction of sp³-hybridized carbons (Fsp3) is 0.520. The highest BCUT2D eigenvalue weighted by atomic mass is 16.2. The highest BCUT2D eigenvalue weighted by Gasteiger charge is 2.07. The van der Waals surface area contributed by atoms with Gasteiger partial charge in [0.25, 0.3) is 0 Å². The molecule has 27 heavy (non-hydrogen) atoms. The topological polar surface area (TPSA) is 32.3 Å². The second-order valence-electron chi connectivity index (χ2n) is 6.42. The molecule has 0 aliphatic carbocycles. The molecule has 1 aromatic rings. The molecule has 2 N–H and O–H groups in total. The van der Waals surface area contributed by atoms with Gasteiger partial charge in [0.05, 0.1) is 6.26 Å². The van der Waals surface area contributed by atoms with Crippen LogP contribution in [0.1, 0.15) is 79.2 Å². The molecule has 1 atom stereocenters. The highest BCUT2D eigenvalue weighted by Crippen LogP contribution is 2.22. The molecule has 2 nitrogen and oxygen atoms in total. The zero-order chi connectivity index (χ0) is 20.9. The van der Waals surface area contributed by atoms with Gasteiger partial charge in [0.1, 0.15) is 0 Å². The molecule has 0 aliphatic heterocycles. The minimum absolute atomic E-state index is 0.403. The summed E-state index contributed by atoms with van der Waals surface area (Å²) in [4.78, 5) is 0. The smallest absolute Gasteiger partial charge is 0.0791 e. The van der Waals surface area contributed by atoms with Crippen molar-refractivity contribution in [2.75, 3.05) is 6.54 Å². The van der Waals surface area contributed by atoms with Crippen LogP contribution in [0.3, 0.4) is 0 Å². The standard InChI is InChI=1S/C20H29NO.C3H8.C2H6/c1-4-18(9-8-16-22)12-13-20(14-15-21-17(2)3)19-10-6-5-7-11-19;1-3-2;1-2/h5-13,16-17,20-22H,4,14-15H2,1-3H3;3H2,1-2H3;1-2H3/b13-12+,16-8+,18-9-;;. The summed E-state index contributed by atoms with van der Waals surface area (Å²) >= 11 is 0. The van der Waals surface area contributed by atoms with E-state index in [0.29, 0.717) is 12.0 Å². The predicted octanol–water partition coefficient (Wildman–Crippen LogP) is 7.57. The summed E-state index contributed by atoms with van der Waals surface area (Å²) in [5.74, 6) is 0.403. The monoisotopic (exact) mass is 373 g/mol. The maximum atomic E-state index is 8.78. The maximum absolute atomic E-state index is 8.78. The van der Waals surface area contributed by atoms with Crippen LogP contribution in [-0.2, 0) is 0 Å². The summed E-state index contributed by atoms with van der Waals surface area (Å²) in [7, 11) is 0. The Morgan fingerprint density at radius 2 is 1.67 bits per heavy atom. The lowest BCUT2D eigenvalue weighted by molar-refractivity contribution is 0.473. The van der Waals surface area contributed by atoms with Crippen LogP contribution in [0.5, 0.6) is 0 Å². The summed E-state index contributed by atoms with van der Waals surface area (Å²) < 4.78 is 0. The fourth-order valence-electron chi connectivity index (χ4n) is 2.30. The first-order chi connectivity index (χ1) is 13.1. The Balaban J connectivity index is 0. The molecule has 0 aliphatic rings. The molecule has 0 heterocycles. The summed E-state index contributed by atoms with van der Waals surface area (Å²) in [5, 5.41) is 12.3. The van der Waals surface area contributed by atoms with E-state index in [9.17, 15) is 0 Å². The molecule has 0 amide bonds. The predicted molar refractivity (Wildman–Crippen MR) is 124 cm³/mol. The van der Waals surface area contributed by atoms with Crippen LogP contribution in [0.15, 0.2) is 66.5 Å². The van der Waals surface area contributed by atoms with Gasteiger partial charge in [-0.3, -0.25) is 0 Å². The van der Waals surface area contributed by atoms with Crippen LogP contribution in [0.4, 0.5) is 0 Å². The number of hydrogen-bond donors (Lipinski definition) is 2. The maximum Gasteiger partial charge on any atom is 0.0791 e. The van der Waals surface area contributed by atoms with E-state index >= 15 is 0 Å². The number of benzene rings is 1. The van der Waals surface area contributed by atoms with Gasteiger partial charge in [-0.25, -0.2) is 0 Å². The van der Waals surface area contributed by atoms with Gasteiger partial charge < -0.3 is 10.4 Å². The molecule has 1 rings (SSSR count). The molecule has 0 saturated carbocycles. The zero-order valence-electron chi connectivity index (χ0n) is 18.7. The van der Waals surface area contributed by atoms with Crippen molar-refractivity contribution in [3.63, 3.8) is 0 Å². The van der Waals surface area contributed by atoms with E-state index in [4.69, 9.17) is 5.11 Å². The van der Waals surface area contributed by atoms with Crippen LogP contribution in [0.2, 0.25) is 0 Å². The number of nitrogens with one attached hydrogen (secondary N) is 1. The van der Waals surface area contributed by atoms with Crippen LogP contribution in [0, 0.1) is 0 Å². The van der Waals surface area contributed by atoms with E-state index in [1.807, 2.05) is 19.9 Å². The van der Waals surface area contributed by atoms with Crippen LogP contribution >= 0.6 is 0 Å². The van der Waals surface area contributed by atoms with Crippen molar-refractivity contribution >= 4 is 0 Å². The first-order valence-corrected chi connectivity index (χ1v) is 10.5. The zero-order valence-corrected chi connectivity index (χ0v) is 18.7. The van der Waals surface area contributed by atoms with Crippen molar-refractivity contribution in [1.29, 1.82) is 0 Å². The first kappa shape index (κ1) is 27.4. The quantitative estimate of drug-likeness (QED) is 0.345. The van der Waals surface area contributed by atoms with E-state index < -0.39 is 0 Å². The lowest BCUT2D eigenvalue weighted by atomic mass is 9.94. The summed E-state index contributed by atoms with van der Waals surface area (Å²) in [6.45, 7) is 15.7. The van der Waals surface area contributed by atoms with E-state index in [0.717, 1.165) is 25.6 Å². The number of aliphatic hydroxyl groups is 1. The number of allylic oxidation sites excluding steroid dienone is 5. The molecule has 1 aromatic carbocycles. The molecule has 0 saturated heterocycles. The van der Waals surface area contributed by atoms with Crippen LogP contribution in [0.25, 0.3) is 0 Å². The van der Waals surface area contributed by atoms with Gasteiger partial charge in [0, 0.05) is 12.0 Å². The minimum Gasteiger partial charge on any atom is -0.516 e. The van der Waals surface area contributed by atoms with E-state index in [2.05, 4.69) is 82.4 Å². The largest absolute Gasteiger partial charge is 0.516 e. The van der Waals surface area contributed by atoms with Crippen molar-refractivity contribution in [1.82, 2.24) is 5.32 Å². The third-order valence-corrected chi connectivity index (χ3v) is 3.58. The number of aliphatic hydroxyl groups excluding tert-OH is 1. The van der Waals surface area contributed by atoms with Gasteiger partial charge in [-0.1, -0.05) is 103 Å². The lowest BCUT2D eigenvalue weighted by Crippen LogP contribution is -2.24. The molecule has 0 radical (unpaired) electrons.